The van der Waals surface area contributed by atoms with E-state index >= 15 is 0 Å². The first-order valence-electron chi connectivity index (χ1n) is 9.40. The number of amides is 2. The normalized spacial score (nSPS) is 11.1. The van der Waals surface area contributed by atoms with Crippen LogP contribution in [0.1, 0.15) is 28.0 Å². The van der Waals surface area contributed by atoms with Crippen LogP contribution in [0.15, 0.2) is 53.9 Å². The molecule has 6 nitrogen and oxygen atoms in total. The molecule has 1 aromatic heterocycles. The molecule has 168 valence electrons. The summed E-state index contributed by atoms with van der Waals surface area (Å²) in [5.41, 5.74) is 0.406. The van der Waals surface area contributed by atoms with Crippen molar-refractivity contribution in [2.45, 2.75) is 19.1 Å². The molecule has 32 heavy (non-hydrogen) atoms. The second kappa shape index (κ2) is 10.5. The van der Waals surface area contributed by atoms with E-state index in [4.69, 9.17) is 11.6 Å². The smallest absolute Gasteiger partial charge is 0.352 e. The Hall–Kier alpha value is -3.11. The predicted molar refractivity (Wildman–Crippen MR) is 117 cm³/mol. The maximum absolute atomic E-state index is 12.7. The number of para-hydroxylation sites is 1. The molecule has 3 aromatic rings. The molecular formula is C21H18ClF3N4O2S. The van der Waals surface area contributed by atoms with Crippen LogP contribution in [-0.2, 0) is 17.5 Å². The monoisotopic (exact) mass is 482 g/mol. The Morgan fingerprint density at radius 2 is 1.84 bits per heavy atom. The molecule has 2 aromatic carbocycles. The van der Waals surface area contributed by atoms with Crippen molar-refractivity contribution in [3.8, 4) is 0 Å². The molecule has 2 amide bonds. The Balaban J connectivity index is 1.42. The van der Waals surface area contributed by atoms with Gasteiger partial charge < -0.3 is 16.0 Å². The molecule has 0 bridgehead atoms. The average molecular weight is 483 g/mol. The van der Waals surface area contributed by atoms with Crippen LogP contribution in [0, 0.1) is 0 Å². The Morgan fingerprint density at radius 1 is 1.06 bits per heavy atom. The standard InChI is InChI=1S/C21H18ClF3N4O2S/c22-15-6-1-2-7-16(15)28-20-29-17(12-32-20)19(31)26-9-8-18(30)27-11-13-4-3-5-14(10-13)21(23,24)25/h1-7,10,12H,8-9,11H2,(H,26,31)(H,27,30)(H,28,29). The van der Waals surface area contributed by atoms with Crippen molar-refractivity contribution in [1.29, 1.82) is 0 Å². The van der Waals surface area contributed by atoms with Gasteiger partial charge in [0.05, 0.1) is 16.3 Å². The molecule has 0 aliphatic rings. The van der Waals surface area contributed by atoms with Gasteiger partial charge in [-0.15, -0.1) is 11.3 Å². The number of nitrogens with zero attached hydrogens (tertiary/aromatic N) is 1. The van der Waals surface area contributed by atoms with E-state index in [9.17, 15) is 22.8 Å². The molecule has 0 fully saturated rings. The van der Waals surface area contributed by atoms with E-state index in [2.05, 4.69) is 20.9 Å². The summed E-state index contributed by atoms with van der Waals surface area (Å²) in [7, 11) is 0. The Labute approximate surface area is 190 Å². The van der Waals surface area contributed by atoms with Gasteiger partial charge in [0.1, 0.15) is 5.69 Å². The summed E-state index contributed by atoms with van der Waals surface area (Å²) >= 11 is 7.31. The summed E-state index contributed by atoms with van der Waals surface area (Å²) in [5.74, 6) is -0.846. The lowest BCUT2D eigenvalue weighted by Gasteiger charge is -2.10. The van der Waals surface area contributed by atoms with E-state index in [-0.39, 0.29) is 25.2 Å². The fraction of sp³-hybridized carbons (Fsp3) is 0.190. The highest BCUT2D eigenvalue weighted by atomic mass is 35.5. The minimum atomic E-state index is -4.44. The first-order chi connectivity index (χ1) is 15.2. The molecule has 0 aliphatic carbocycles. The Morgan fingerprint density at radius 3 is 2.59 bits per heavy atom. The molecule has 0 atom stereocenters. The highest BCUT2D eigenvalue weighted by Crippen LogP contribution is 2.29. The van der Waals surface area contributed by atoms with E-state index in [0.717, 1.165) is 12.1 Å². The first kappa shape index (κ1) is 23.6. The third kappa shape index (κ3) is 6.69. The van der Waals surface area contributed by atoms with E-state index in [1.165, 1.54) is 23.5 Å². The van der Waals surface area contributed by atoms with Crippen molar-refractivity contribution in [1.82, 2.24) is 15.6 Å². The van der Waals surface area contributed by atoms with Crippen molar-refractivity contribution in [2.24, 2.45) is 0 Å². The third-order valence-electron chi connectivity index (χ3n) is 4.23. The third-order valence-corrected chi connectivity index (χ3v) is 5.32. The van der Waals surface area contributed by atoms with E-state index in [0.29, 0.717) is 21.4 Å². The maximum Gasteiger partial charge on any atom is 0.416 e. The molecule has 11 heteroatoms. The Bertz CT molecular complexity index is 1100. The van der Waals surface area contributed by atoms with E-state index in [1.807, 2.05) is 6.07 Å². The van der Waals surface area contributed by atoms with E-state index in [1.54, 1.807) is 23.6 Å². The number of carbonyl (C=O) groups is 2. The molecular weight excluding hydrogens is 465 g/mol. The van der Waals surface area contributed by atoms with Crippen LogP contribution in [0.4, 0.5) is 24.0 Å². The summed E-state index contributed by atoms with van der Waals surface area (Å²) in [5, 5.41) is 10.7. The first-order valence-corrected chi connectivity index (χ1v) is 10.7. The number of alkyl halides is 3. The number of nitrogens with one attached hydrogen (secondary N) is 3. The topological polar surface area (TPSA) is 83.1 Å². The van der Waals surface area contributed by atoms with Crippen molar-refractivity contribution >= 4 is 45.6 Å². The predicted octanol–water partition coefficient (Wildman–Crippen LogP) is 5.00. The lowest BCUT2D eigenvalue weighted by atomic mass is 10.1. The molecule has 0 unspecified atom stereocenters. The largest absolute Gasteiger partial charge is 0.416 e. The zero-order valence-corrected chi connectivity index (χ0v) is 18.1. The number of halogens is 4. The van der Waals surface area contributed by atoms with Crippen LogP contribution in [0.25, 0.3) is 0 Å². The number of carbonyl (C=O) groups excluding carboxylic acids is 2. The van der Waals surface area contributed by atoms with Gasteiger partial charge in [0.25, 0.3) is 5.91 Å². The highest BCUT2D eigenvalue weighted by Gasteiger charge is 2.30. The van der Waals surface area contributed by atoms with Gasteiger partial charge in [-0.2, -0.15) is 13.2 Å². The number of hydrogen-bond donors (Lipinski definition) is 3. The van der Waals surface area contributed by atoms with Crippen LogP contribution < -0.4 is 16.0 Å². The van der Waals surface area contributed by atoms with Gasteiger partial charge in [0.2, 0.25) is 5.91 Å². The van der Waals surface area contributed by atoms with Crippen LogP contribution in [-0.4, -0.2) is 23.3 Å². The number of thiazole rings is 1. The van der Waals surface area contributed by atoms with Gasteiger partial charge in [-0.25, -0.2) is 4.98 Å². The zero-order chi connectivity index (χ0) is 23.1. The van der Waals surface area contributed by atoms with Gasteiger partial charge >= 0.3 is 6.18 Å². The minimum Gasteiger partial charge on any atom is -0.352 e. The van der Waals surface area contributed by atoms with Crippen LogP contribution in [0.3, 0.4) is 0 Å². The fourth-order valence-corrected chi connectivity index (χ4v) is 3.53. The maximum atomic E-state index is 12.7. The number of anilines is 2. The number of hydrogen-bond acceptors (Lipinski definition) is 5. The summed E-state index contributed by atoms with van der Waals surface area (Å²) in [6, 6.07) is 11.8. The number of benzene rings is 2. The molecule has 0 aliphatic heterocycles. The van der Waals surface area contributed by atoms with Crippen LogP contribution in [0.5, 0.6) is 0 Å². The van der Waals surface area contributed by atoms with Gasteiger partial charge in [0.15, 0.2) is 5.13 Å². The summed E-state index contributed by atoms with van der Waals surface area (Å²) in [6.07, 6.45) is -4.47. The number of aromatic nitrogens is 1. The second-order valence-electron chi connectivity index (χ2n) is 6.62. The molecule has 0 saturated carbocycles. The minimum absolute atomic E-state index is 0.0282. The van der Waals surface area contributed by atoms with Crippen molar-refractivity contribution in [3.63, 3.8) is 0 Å². The van der Waals surface area contributed by atoms with Gasteiger partial charge in [0, 0.05) is 24.9 Å². The number of rotatable bonds is 8. The fourth-order valence-electron chi connectivity index (χ4n) is 2.64. The molecule has 3 rings (SSSR count). The quantitative estimate of drug-likeness (QED) is 0.422. The highest BCUT2D eigenvalue weighted by molar-refractivity contribution is 7.14. The van der Waals surface area contributed by atoms with Crippen LogP contribution in [0.2, 0.25) is 5.02 Å². The van der Waals surface area contributed by atoms with Gasteiger partial charge in [-0.05, 0) is 29.8 Å². The lowest BCUT2D eigenvalue weighted by molar-refractivity contribution is -0.137. The summed E-state index contributed by atoms with van der Waals surface area (Å²) in [4.78, 5) is 28.3. The average Bonchev–Trinajstić information content (AvgIpc) is 3.22. The Kier molecular flexibility index (Phi) is 7.70. The molecule has 3 N–H and O–H groups in total. The second-order valence-corrected chi connectivity index (χ2v) is 7.89. The summed E-state index contributed by atoms with van der Waals surface area (Å²) < 4.78 is 38.2. The lowest BCUT2D eigenvalue weighted by Crippen LogP contribution is -2.30. The van der Waals surface area contributed by atoms with Crippen molar-refractivity contribution in [2.75, 3.05) is 11.9 Å². The zero-order valence-electron chi connectivity index (χ0n) is 16.5. The molecule has 0 radical (unpaired) electrons. The molecule has 0 saturated heterocycles. The van der Waals surface area contributed by atoms with Crippen molar-refractivity contribution < 1.29 is 22.8 Å². The van der Waals surface area contributed by atoms with Crippen molar-refractivity contribution in [3.05, 3.63) is 75.8 Å². The van der Waals surface area contributed by atoms with Gasteiger partial charge in [-0.1, -0.05) is 35.9 Å². The van der Waals surface area contributed by atoms with E-state index < -0.39 is 23.6 Å². The van der Waals surface area contributed by atoms with Gasteiger partial charge in [-0.3, -0.25) is 9.59 Å². The summed E-state index contributed by atoms with van der Waals surface area (Å²) in [6.45, 7) is 0.0118. The SMILES string of the molecule is O=C(CCNC(=O)c1csc(Nc2ccccc2Cl)n1)NCc1cccc(C(F)(F)F)c1. The molecule has 0 spiro atoms. The van der Waals surface area contributed by atoms with Crippen LogP contribution >= 0.6 is 22.9 Å². The molecule has 1 heterocycles.